The van der Waals surface area contributed by atoms with Crippen LogP contribution in [0.5, 0.6) is 5.75 Å². The van der Waals surface area contributed by atoms with Crippen molar-refractivity contribution in [3.8, 4) is 5.75 Å². The van der Waals surface area contributed by atoms with Crippen LogP contribution in [0.1, 0.15) is 19.3 Å². The van der Waals surface area contributed by atoms with E-state index in [1.807, 2.05) is 29.6 Å². The number of hydrogen-bond donors (Lipinski definition) is 1. The summed E-state index contributed by atoms with van der Waals surface area (Å²) in [6.45, 7) is 3.99. The van der Waals surface area contributed by atoms with Crippen LogP contribution in [0.15, 0.2) is 64.6 Å². The normalized spacial score (nSPS) is 21.3. The van der Waals surface area contributed by atoms with Crippen LogP contribution in [-0.4, -0.2) is 25.6 Å². The average Bonchev–Trinajstić information content (AvgIpc) is 3.12. The van der Waals surface area contributed by atoms with E-state index in [4.69, 9.17) is 4.74 Å². The lowest BCUT2D eigenvalue weighted by Gasteiger charge is -2.14. The van der Waals surface area contributed by atoms with Gasteiger partial charge in [0.25, 0.3) is 0 Å². The van der Waals surface area contributed by atoms with E-state index in [9.17, 15) is 17.9 Å². The molecule has 1 aliphatic carbocycles. The van der Waals surface area contributed by atoms with E-state index in [1.54, 1.807) is 11.3 Å². The van der Waals surface area contributed by atoms with Crippen LogP contribution in [0.2, 0.25) is 0 Å². The van der Waals surface area contributed by atoms with E-state index in [2.05, 4.69) is 6.58 Å². The first-order valence-corrected chi connectivity index (χ1v) is 10.6. The number of ether oxygens (including phenoxy) is 1. The molecule has 0 aliphatic heterocycles. The van der Waals surface area contributed by atoms with E-state index >= 15 is 0 Å². The Morgan fingerprint density at radius 3 is 2.88 bits per heavy atom. The number of aliphatic hydroxyl groups is 1. The molecule has 1 N–H and O–H groups in total. The molecule has 1 aliphatic rings. The van der Waals surface area contributed by atoms with Crippen LogP contribution in [0.3, 0.4) is 0 Å². The van der Waals surface area contributed by atoms with Gasteiger partial charge in [-0.15, -0.1) is 11.3 Å². The van der Waals surface area contributed by atoms with Crippen molar-refractivity contribution in [1.29, 1.82) is 0 Å². The quantitative estimate of drug-likeness (QED) is 0.830. The average molecular weight is 394 g/mol. The second-order valence-electron chi connectivity index (χ2n) is 6.08. The van der Waals surface area contributed by atoms with Gasteiger partial charge in [-0.1, -0.05) is 12.6 Å². The van der Waals surface area contributed by atoms with Crippen molar-refractivity contribution in [1.82, 2.24) is 0 Å². The van der Waals surface area contributed by atoms with Gasteiger partial charge < -0.3 is 9.84 Å². The molecule has 0 amide bonds. The molecule has 138 valence electrons. The van der Waals surface area contributed by atoms with Gasteiger partial charge in [0, 0.05) is 21.4 Å². The summed E-state index contributed by atoms with van der Waals surface area (Å²) in [5.74, 6) is 1.05. The summed E-state index contributed by atoms with van der Waals surface area (Å²) in [5, 5.41) is 13.0. The Bertz CT molecular complexity index is 986. The predicted molar refractivity (Wildman–Crippen MR) is 103 cm³/mol. The SMILES string of the molecule is C=C1CCC(O)C/C(S(=O)(=O)CF)=C\C=C1Oc1cccc2sccc12. The predicted octanol–water partition coefficient (Wildman–Crippen LogP) is 4.49. The van der Waals surface area contributed by atoms with Crippen molar-refractivity contribution in [2.75, 3.05) is 6.01 Å². The number of fused-ring (bicyclic) bond motifs is 1. The molecule has 0 radical (unpaired) electrons. The maximum absolute atomic E-state index is 12.9. The largest absolute Gasteiger partial charge is 0.456 e. The Kier molecular flexibility index (Phi) is 5.60. The van der Waals surface area contributed by atoms with Gasteiger partial charge in [0.05, 0.1) is 6.10 Å². The number of rotatable bonds is 4. The molecule has 1 aromatic heterocycles. The zero-order valence-electron chi connectivity index (χ0n) is 14.0. The fraction of sp³-hybridized carbons (Fsp3) is 0.263. The molecule has 2 aromatic rings. The van der Waals surface area contributed by atoms with Gasteiger partial charge in [0.15, 0.2) is 6.01 Å². The molecule has 7 heteroatoms. The third-order valence-corrected chi connectivity index (χ3v) is 6.48. The second-order valence-corrected chi connectivity index (χ2v) is 9.00. The van der Waals surface area contributed by atoms with Gasteiger partial charge in [-0.05, 0) is 54.1 Å². The van der Waals surface area contributed by atoms with Crippen molar-refractivity contribution < 1.29 is 22.7 Å². The number of thiophene rings is 1. The molecule has 0 fully saturated rings. The highest BCUT2D eigenvalue weighted by molar-refractivity contribution is 7.95. The molecule has 0 saturated heterocycles. The lowest BCUT2D eigenvalue weighted by molar-refractivity contribution is 0.166. The number of hydrogen-bond acceptors (Lipinski definition) is 5. The van der Waals surface area contributed by atoms with Crippen molar-refractivity contribution in [3.05, 3.63) is 64.6 Å². The minimum atomic E-state index is -4.04. The monoisotopic (exact) mass is 394 g/mol. The molecule has 1 heterocycles. The van der Waals surface area contributed by atoms with Crippen LogP contribution < -0.4 is 4.74 Å². The van der Waals surface area contributed by atoms with Crippen LogP contribution in [0, 0.1) is 0 Å². The molecule has 1 atom stereocenters. The molecule has 1 unspecified atom stereocenters. The highest BCUT2D eigenvalue weighted by atomic mass is 32.2. The van der Waals surface area contributed by atoms with Crippen LogP contribution >= 0.6 is 11.3 Å². The Hall–Kier alpha value is -1.96. The molecular weight excluding hydrogens is 375 g/mol. The third-order valence-electron chi connectivity index (χ3n) is 4.20. The number of alkyl halides is 1. The van der Waals surface area contributed by atoms with Gasteiger partial charge in [-0.25, -0.2) is 12.8 Å². The first-order chi connectivity index (χ1) is 12.4. The van der Waals surface area contributed by atoms with Crippen LogP contribution in [0.4, 0.5) is 4.39 Å². The maximum Gasteiger partial charge on any atom is 0.203 e. The highest BCUT2D eigenvalue weighted by Gasteiger charge is 2.22. The molecule has 3 rings (SSSR count). The van der Waals surface area contributed by atoms with Gasteiger partial charge in [0.1, 0.15) is 11.5 Å². The number of halogens is 1. The smallest absolute Gasteiger partial charge is 0.203 e. The number of aliphatic hydroxyl groups excluding tert-OH is 1. The standard InChI is InChI=1S/C19H19FO4S2/c1-13-5-6-14(21)11-15(26(22,23)12-20)7-8-17(13)24-18-3-2-4-19-16(18)9-10-25-19/h2-4,7-10,14,21H,1,5-6,11-12H2/b15-7+,17-8?. The fourth-order valence-corrected chi connectivity index (χ4v) is 4.40. The second kappa shape index (κ2) is 7.73. The summed E-state index contributed by atoms with van der Waals surface area (Å²) in [7, 11) is -4.04. The molecule has 4 nitrogen and oxygen atoms in total. The van der Waals surface area contributed by atoms with Gasteiger partial charge in [-0.2, -0.15) is 0 Å². The van der Waals surface area contributed by atoms with E-state index < -0.39 is 21.9 Å². The Labute approximate surface area is 155 Å². The summed E-state index contributed by atoms with van der Waals surface area (Å²) >= 11 is 1.59. The Balaban J connectivity index is 2.00. The van der Waals surface area contributed by atoms with Gasteiger partial charge in [0.2, 0.25) is 9.84 Å². The zero-order chi connectivity index (χ0) is 18.7. The first kappa shape index (κ1) is 18.8. The van der Waals surface area contributed by atoms with Gasteiger partial charge in [-0.3, -0.25) is 0 Å². The summed E-state index contributed by atoms with van der Waals surface area (Å²) in [6.07, 6.45) is 2.56. The van der Waals surface area contributed by atoms with Crippen molar-refractivity contribution in [2.24, 2.45) is 0 Å². The van der Waals surface area contributed by atoms with Crippen molar-refractivity contribution in [2.45, 2.75) is 25.4 Å². The summed E-state index contributed by atoms with van der Waals surface area (Å²) < 4.78 is 43.8. The van der Waals surface area contributed by atoms with E-state index in [0.717, 1.165) is 10.1 Å². The van der Waals surface area contributed by atoms with Gasteiger partial charge >= 0.3 is 0 Å². The molecule has 0 bridgehead atoms. The van der Waals surface area contributed by atoms with Crippen LogP contribution in [0.25, 0.3) is 10.1 Å². The van der Waals surface area contributed by atoms with E-state index in [1.165, 1.54) is 12.2 Å². The third kappa shape index (κ3) is 4.06. The minimum Gasteiger partial charge on any atom is -0.456 e. The maximum atomic E-state index is 12.9. The lowest BCUT2D eigenvalue weighted by Crippen LogP contribution is -2.14. The molecule has 26 heavy (non-hydrogen) atoms. The Morgan fingerprint density at radius 1 is 1.31 bits per heavy atom. The number of benzene rings is 1. The lowest BCUT2D eigenvalue weighted by atomic mass is 10.1. The zero-order valence-corrected chi connectivity index (χ0v) is 15.7. The molecular formula is C19H19FO4S2. The topological polar surface area (TPSA) is 63.6 Å². The Morgan fingerprint density at radius 2 is 2.12 bits per heavy atom. The summed E-state index contributed by atoms with van der Waals surface area (Å²) in [5.41, 5.74) is 0.645. The molecule has 0 saturated carbocycles. The summed E-state index contributed by atoms with van der Waals surface area (Å²) in [6, 6.07) is 6.15. The number of sulfone groups is 1. The highest BCUT2D eigenvalue weighted by Crippen LogP contribution is 2.33. The first-order valence-electron chi connectivity index (χ1n) is 8.10. The van der Waals surface area contributed by atoms with E-state index in [0.29, 0.717) is 29.9 Å². The number of allylic oxidation sites excluding steroid dienone is 3. The minimum absolute atomic E-state index is 0.122. The van der Waals surface area contributed by atoms with Crippen molar-refractivity contribution in [3.63, 3.8) is 0 Å². The fourth-order valence-electron chi connectivity index (χ4n) is 2.73. The molecule has 1 aromatic carbocycles. The van der Waals surface area contributed by atoms with Crippen molar-refractivity contribution >= 4 is 31.3 Å². The van der Waals surface area contributed by atoms with E-state index in [-0.39, 0.29) is 11.3 Å². The molecule has 0 spiro atoms. The van der Waals surface area contributed by atoms with Crippen LogP contribution in [-0.2, 0) is 9.84 Å². The summed E-state index contributed by atoms with van der Waals surface area (Å²) in [4.78, 5) is -0.142.